The number of nitrogens with zero attached hydrogens (tertiary/aromatic N) is 2. The van der Waals surface area contributed by atoms with E-state index in [0.717, 1.165) is 0 Å². The number of anilines is 1. The molecule has 0 aromatic carbocycles. The van der Waals surface area contributed by atoms with Gasteiger partial charge in [-0.3, -0.25) is 4.79 Å². The van der Waals surface area contributed by atoms with Crippen LogP contribution >= 0.6 is 0 Å². The van der Waals surface area contributed by atoms with E-state index in [9.17, 15) is 9.59 Å². The Labute approximate surface area is 112 Å². The molecule has 0 bridgehead atoms. The topological polar surface area (TPSA) is 82.5 Å². The molecule has 0 saturated heterocycles. The number of hydrogen-bond donors (Lipinski definition) is 2. The molecule has 0 aliphatic rings. The Balaban J connectivity index is 2.78. The average molecular weight is 265 g/mol. The van der Waals surface area contributed by atoms with Crippen LogP contribution in [0.3, 0.4) is 0 Å². The minimum atomic E-state index is -1.00. The van der Waals surface area contributed by atoms with Gasteiger partial charge in [0.15, 0.2) is 0 Å². The van der Waals surface area contributed by atoms with E-state index in [1.54, 1.807) is 24.9 Å². The third-order valence-corrected chi connectivity index (χ3v) is 2.52. The molecule has 0 fully saturated rings. The lowest BCUT2D eigenvalue weighted by atomic mass is 10.2. The highest BCUT2D eigenvalue weighted by Crippen LogP contribution is 2.13. The number of pyridine rings is 1. The van der Waals surface area contributed by atoms with Crippen molar-refractivity contribution in [2.45, 2.75) is 26.8 Å². The molecule has 2 N–H and O–H groups in total. The average Bonchev–Trinajstić information content (AvgIpc) is 2.26. The Morgan fingerprint density at radius 3 is 2.53 bits per heavy atom. The van der Waals surface area contributed by atoms with Crippen LogP contribution in [0.5, 0.6) is 0 Å². The van der Waals surface area contributed by atoms with Gasteiger partial charge in [0.05, 0.1) is 17.8 Å². The van der Waals surface area contributed by atoms with E-state index in [1.807, 2.05) is 13.8 Å². The van der Waals surface area contributed by atoms with Crippen LogP contribution in [0.1, 0.15) is 29.9 Å². The fourth-order valence-corrected chi connectivity index (χ4v) is 1.65. The van der Waals surface area contributed by atoms with Gasteiger partial charge in [-0.25, -0.2) is 9.78 Å². The molecule has 0 aliphatic heterocycles. The smallest absolute Gasteiger partial charge is 0.337 e. The SMILES string of the molecule is Cc1nc(N(C)CC(=O)NC(C)C)ccc1C(=O)O. The summed E-state index contributed by atoms with van der Waals surface area (Å²) in [7, 11) is 1.74. The van der Waals surface area contributed by atoms with E-state index in [1.165, 1.54) is 6.07 Å². The molecule has 1 aromatic rings. The number of likely N-dealkylation sites (N-methyl/N-ethyl adjacent to an activating group) is 1. The first-order valence-corrected chi connectivity index (χ1v) is 6.02. The van der Waals surface area contributed by atoms with Gasteiger partial charge in [-0.15, -0.1) is 0 Å². The lowest BCUT2D eigenvalue weighted by Crippen LogP contribution is -2.38. The molecule has 0 aliphatic carbocycles. The van der Waals surface area contributed by atoms with Gasteiger partial charge in [-0.05, 0) is 32.9 Å². The third-order valence-electron chi connectivity index (χ3n) is 2.52. The van der Waals surface area contributed by atoms with Gasteiger partial charge in [0, 0.05) is 13.1 Å². The van der Waals surface area contributed by atoms with Gasteiger partial charge in [0.1, 0.15) is 5.82 Å². The Morgan fingerprint density at radius 2 is 2.05 bits per heavy atom. The number of carbonyl (C=O) groups excluding carboxylic acids is 1. The molecule has 1 aromatic heterocycles. The zero-order valence-corrected chi connectivity index (χ0v) is 11.6. The molecule has 19 heavy (non-hydrogen) atoms. The molecule has 0 atom stereocenters. The van der Waals surface area contributed by atoms with Gasteiger partial charge >= 0.3 is 5.97 Å². The molecular weight excluding hydrogens is 246 g/mol. The van der Waals surface area contributed by atoms with Crippen LogP contribution in [0.25, 0.3) is 0 Å². The normalized spacial score (nSPS) is 10.4. The highest BCUT2D eigenvalue weighted by atomic mass is 16.4. The summed E-state index contributed by atoms with van der Waals surface area (Å²) in [5.41, 5.74) is 0.602. The summed E-state index contributed by atoms with van der Waals surface area (Å²) < 4.78 is 0. The zero-order valence-electron chi connectivity index (χ0n) is 11.6. The predicted molar refractivity (Wildman–Crippen MR) is 72.5 cm³/mol. The van der Waals surface area contributed by atoms with Crippen LogP contribution in [-0.4, -0.2) is 41.6 Å². The molecule has 0 spiro atoms. The molecule has 1 heterocycles. The number of carboxylic acid groups (broad SMARTS) is 1. The maximum Gasteiger partial charge on any atom is 0.337 e. The summed E-state index contributed by atoms with van der Waals surface area (Å²) in [5.74, 6) is -0.530. The Morgan fingerprint density at radius 1 is 1.42 bits per heavy atom. The first-order chi connectivity index (χ1) is 8.81. The van der Waals surface area contributed by atoms with Gasteiger partial charge in [0.25, 0.3) is 0 Å². The molecule has 6 nitrogen and oxygen atoms in total. The maximum atomic E-state index is 11.6. The van der Waals surface area contributed by atoms with Crippen molar-refractivity contribution in [3.05, 3.63) is 23.4 Å². The first kappa shape index (κ1) is 14.9. The highest BCUT2D eigenvalue weighted by Gasteiger charge is 2.13. The largest absolute Gasteiger partial charge is 0.478 e. The van der Waals surface area contributed by atoms with Crippen LogP contribution in [0.15, 0.2) is 12.1 Å². The number of amides is 1. The number of carbonyl (C=O) groups is 2. The monoisotopic (exact) mass is 265 g/mol. The molecular formula is C13H19N3O3. The zero-order chi connectivity index (χ0) is 14.6. The predicted octanol–water partition coefficient (Wildman–Crippen LogP) is 1.05. The first-order valence-electron chi connectivity index (χ1n) is 6.02. The van der Waals surface area contributed by atoms with Crippen molar-refractivity contribution in [1.29, 1.82) is 0 Å². The number of nitrogens with one attached hydrogen (secondary N) is 1. The molecule has 0 unspecified atom stereocenters. The molecule has 1 rings (SSSR count). The fraction of sp³-hybridized carbons (Fsp3) is 0.462. The summed E-state index contributed by atoms with van der Waals surface area (Å²) in [6, 6.07) is 3.18. The fourth-order valence-electron chi connectivity index (χ4n) is 1.65. The second kappa shape index (κ2) is 6.17. The lowest BCUT2D eigenvalue weighted by molar-refractivity contribution is -0.120. The molecule has 1 amide bonds. The van der Waals surface area contributed by atoms with E-state index in [2.05, 4.69) is 10.3 Å². The van der Waals surface area contributed by atoms with E-state index < -0.39 is 5.97 Å². The second-order valence-electron chi connectivity index (χ2n) is 4.69. The van der Waals surface area contributed by atoms with Crippen molar-refractivity contribution in [1.82, 2.24) is 10.3 Å². The minimum absolute atomic E-state index is 0.0879. The number of carboxylic acids is 1. The van der Waals surface area contributed by atoms with E-state index >= 15 is 0 Å². The third kappa shape index (κ3) is 4.24. The van der Waals surface area contributed by atoms with Crippen molar-refractivity contribution in [2.24, 2.45) is 0 Å². The minimum Gasteiger partial charge on any atom is -0.478 e. The number of aromatic carboxylic acids is 1. The van der Waals surface area contributed by atoms with E-state index in [-0.39, 0.29) is 24.1 Å². The van der Waals surface area contributed by atoms with Gasteiger partial charge in [-0.2, -0.15) is 0 Å². The van der Waals surface area contributed by atoms with Crippen LogP contribution in [-0.2, 0) is 4.79 Å². The van der Waals surface area contributed by atoms with Crippen LogP contribution in [0.2, 0.25) is 0 Å². The molecule has 0 saturated carbocycles. The summed E-state index contributed by atoms with van der Waals surface area (Å²) >= 11 is 0. The van der Waals surface area contributed by atoms with Gasteiger partial charge in [-0.1, -0.05) is 0 Å². The summed E-state index contributed by atoms with van der Waals surface area (Å²) in [6.07, 6.45) is 0. The highest BCUT2D eigenvalue weighted by molar-refractivity contribution is 5.89. The molecule has 104 valence electrons. The van der Waals surface area contributed by atoms with E-state index in [0.29, 0.717) is 11.5 Å². The van der Waals surface area contributed by atoms with E-state index in [4.69, 9.17) is 5.11 Å². The Hall–Kier alpha value is -2.11. The molecule has 6 heteroatoms. The Kier molecular flexibility index (Phi) is 4.86. The van der Waals surface area contributed by atoms with Crippen molar-refractivity contribution in [3.63, 3.8) is 0 Å². The number of aromatic nitrogens is 1. The van der Waals surface area contributed by atoms with Crippen molar-refractivity contribution in [3.8, 4) is 0 Å². The summed E-state index contributed by atoms with van der Waals surface area (Å²) in [6.45, 7) is 5.59. The Bertz CT molecular complexity index is 486. The quantitative estimate of drug-likeness (QED) is 0.831. The van der Waals surface area contributed by atoms with Crippen molar-refractivity contribution in [2.75, 3.05) is 18.5 Å². The van der Waals surface area contributed by atoms with Gasteiger partial charge < -0.3 is 15.3 Å². The maximum absolute atomic E-state index is 11.6. The second-order valence-corrected chi connectivity index (χ2v) is 4.69. The lowest BCUT2D eigenvalue weighted by Gasteiger charge is -2.19. The number of hydrogen-bond acceptors (Lipinski definition) is 4. The van der Waals surface area contributed by atoms with Crippen LogP contribution < -0.4 is 10.2 Å². The molecule has 0 radical (unpaired) electrons. The van der Waals surface area contributed by atoms with Crippen LogP contribution in [0, 0.1) is 6.92 Å². The summed E-state index contributed by atoms with van der Waals surface area (Å²) in [4.78, 5) is 28.4. The van der Waals surface area contributed by atoms with Crippen molar-refractivity contribution < 1.29 is 14.7 Å². The van der Waals surface area contributed by atoms with Gasteiger partial charge in [0.2, 0.25) is 5.91 Å². The van der Waals surface area contributed by atoms with Crippen molar-refractivity contribution >= 4 is 17.7 Å². The standard InChI is InChI=1S/C13H19N3O3/c1-8(2)14-12(17)7-16(4)11-6-5-10(13(18)19)9(3)15-11/h5-6,8H,7H2,1-4H3,(H,14,17)(H,18,19). The number of aryl methyl sites for hydroxylation is 1. The van der Waals surface area contributed by atoms with Crippen LogP contribution in [0.4, 0.5) is 5.82 Å². The number of rotatable bonds is 5. The summed E-state index contributed by atoms with van der Waals surface area (Å²) in [5, 5.41) is 11.7.